The first-order valence-electron chi connectivity index (χ1n) is 5.42. The summed E-state index contributed by atoms with van der Waals surface area (Å²) in [6.45, 7) is 4.60. The fourth-order valence-electron chi connectivity index (χ4n) is 1.70. The Labute approximate surface area is 124 Å². The smallest absolute Gasteiger partial charge is 0.137 e. The standard InChI is InChI=1S/C12H13BrClN3S/c1-7-11(14)15-8(2)16-12(7)17(3)5-10-4-9(13)6-18-10/h4,6H,5H2,1-3H3. The highest BCUT2D eigenvalue weighted by atomic mass is 79.9. The number of anilines is 1. The van der Waals surface area contributed by atoms with Gasteiger partial charge in [0, 0.05) is 27.3 Å². The van der Waals surface area contributed by atoms with Gasteiger partial charge in [-0.2, -0.15) is 0 Å². The first kappa shape index (κ1) is 13.8. The Bertz CT molecular complexity index is 570. The lowest BCUT2D eigenvalue weighted by Crippen LogP contribution is -2.19. The van der Waals surface area contributed by atoms with Crippen LogP contribution in [0.2, 0.25) is 5.15 Å². The summed E-state index contributed by atoms with van der Waals surface area (Å²) < 4.78 is 1.12. The molecular weight excluding hydrogens is 334 g/mol. The van der Waals surface area contributed by atoms with Crippen molar-refractivity contribution in [2.45, 2.75) is 20.4 Å². The fourth-order valence-corrected chi connectivity index (χ4v) is 3.41. The highest BCUT2D eigenvalue weighted by Crippen LogP contribution is 2.26. The van der Waals surface area contributed by atoms with Crippen LogP contribution in [0.15, 0.2) is 15.9 Å². The number of hydrogen-bond donors (Lipinski definition) is 0. The van der Waals surface area contributed by atoms with Crippen LogP contribution in [0.1, 0.15) is 16.3 Å². The van der Waals surface area contributed by atoms with E-state index < -0.39 is 0 Å². The van der Waals surface area contributed by atoms with Gasteiger partial charge in [0.2, 0.25) is 0 Å². The quantitative estimate of drug-likeness (QED) is 0.780. The van der Waals surface area contributed by atoms with Crippen LogP contribution in [0.3, 0.4) is 0 Å². The summed E-state index contributed by atoms with van der Waals surface area (Å²) >= 11 is 11.3. The van der Waals surface area contributed by atoms with Crippen LogP contribution in [0.25, 0.3) is 0 Å². The van der Waals surface area contributed by atoms with E-state index in [-0.39, 0.29) is 0 Å². The third kappa shape index (κ3) is 3.02. The lowest BCUT2D eigenvalue weighted by Gasteiger charge is -2.20. The second-order valence-corrected chi connectivity index (χ2v) is 6.37. The molecule has 2 aromatic heterocycles. The van der Waals surface area contributed by atoms with Crippen molar-refractivity contribution in [2.75, 3.05) is 11.9 Å². The van der Waals surface area contributed by atoms with E-state index in [9.17, 15) is 0 Å². The molecule has 0 N–H and O–H groups in total. The lowest BCUT2D eigenvalue weighted by atomic mass is 10.3. The second kappa shape index (κ2) is 5.55. The molecule has 0 aliphatic carbocycles. The van der Waals surface area contributed by atoms with Gasteiger partial charge in [-0.25, -0.2) is 9.97 Å². The number of thiophene rings is 1. The van der Waals surface area contributed by atoms with Gasteiger partial charge in [0.1, 0.15) is 16.8 Å². The van der Waals surface area contributed by atoms with Crippen molar-refractivity contribution in [3.63, 3.8) is 0 Å². The second-order valence-electron chi connectivity index (χ2n) is 4.10. The van der Waals surface area contributed by atoms with Crippen LogP contribution >= 0.6 is 38.9 Å². The van der Waals surface area contributed by atoms with E-state index in [0.717, 1.165) is 22.4 Å². The fraction of sp³-hybridized carbons (Fsp3) is 0.333. The van der Waals surface area contributed by atoms with Gasteiger partial charge in [0.05, 0.1) is 6.54 Å². The van der Waals surface area contributed by atoms with Crippen LogP contribution in [0, 0.1) is 13.8 Å². The molecule has 0 saturated carbocycles. The van der Waals surface area contributed by atoms with Gasteiger partial charge in [-0.05, 0) is 35.8 Å². The van der Waals surface area contributed by atoms with Crippen LogP contribution in [0.4, 0.5) is 5.82 Å². The molecule has 6 heteroatoms. The zero-order chi connectivity index (χ0) is 13.3. The normalized spacial score (nSPS) is 10.7. The average Bonchev–Trinajstić information content (AvgIpc) is 2.69. The van der Waals surface area contributed by atoms with Crippen LogP contribution in [-0.2, 0) is 6.54 Å². The Hall–Kier alpha value is -0.650. The Balaban J connectivity index is 2.26. The minimum absolute atomic E-state index is 0.525. The van der Waals surface area contributed by atoms with E-state index in [4.69, 9.17) is 11.6 Å². The third-order valence-electron chi connectivity index (χ3n) is 2.55. The average molecular weight is 347 g/mol. The maximum Gasteiger partial charge on any atom is 0.137 e. The van der Waals surface area contributed by atoms with E-state index in [2.05, 4.69) is 42.2 Å². The van der Waals surface area contributed by atoms with Gasteiger partial charge >= 0.3 is 0 Å². The predicted molar refractivity (Wildman–Crippen MR) is 80.6 cm³/mol. The van der Waals surface area contributed by atoms with E-state index in [1.807, 2.05) is 20.9 Å². The number of nitrogens with zero attached hydrogens (tertiary/aromatic N) is 3. The Morgan fingerprint density at radius 2 is 2.11 bits per heavy atom. The first-order valence-corrected chi connectivity index (χ1v) is 7.47. The van der Waals surface area contributed by atoms with Crippen LogP contribution in [0.5, 0.6) is 0 Å². The minimum atomic E-state index is 0.525. The summed E-state index contributed by atoms with van der Waals surface area (Å²) in [6, 6.07) is 2.12. The molecular formula is C12H13BrClN3S. The van der Waals surface area contributed by atoms with Crippen molar-refractivity contribution in [1.82, 2.24) is 9.97 Å². The van der Waals surface area contributed by atoms with Gasteiger partial charge in [0.25, 0.3) is 0 Å². The van der Waals surface area contributed by atoms with Crippen molar-refractivity contribution in [3.05, 3.63) is 37.3 Å². The van der Waals surface area contributed by atoms with Crippen molar-refractivity contribution < 1.29 is 0 Å². The number of halogens is 2. The summed E-state index contributed by atoms with van der Waals surface area (Å²) in [4.78, 5) is 12.0. The van der Waals surface area contributed by atoms with E-state index >= 15 is 0 Å². The number of aromatic nitrogens is 2. The van der Waals surface area contributed by atoms with Gasteiger partial charge in [-0.1, -0.05) is 11.6 Å². The Morgan fingerprint density at radius 3 is 2.72 bits per heavy atom. The molecule has 18 heavy (non-hydrogen) atoms. The van der Waals surface area contributed by atoms with Gasteiger partial charge in [-0.15, -0.1) is 11.3 Å². The number of rotatable bonds is 3. The highest BCUT2D eigenvalue weighted by Gasteiger charge is 2.12. The molecule has 0 unspecified atom stereocenters. The van der Waals surface area contributed by atoms with Crippen molar-refractivity contribution in [1.29, 1.82) is 0 Å². The summed E-state index contributed by atoms with van der Waals surface area (Å²) in [5, 5.41) is 2.60. The zero-order valence-corrected chi connectivity index (χ0v) is 13.5. The Morgan fingerprint density at radius 1 is 1.39 bits per heavy atom. The van der Waals surface area contributed by atoms with Crippen LogP contribution < -0.4 is 4.90 Å². The number of aryl methyl sites for hydroxylation is 1. The molecule has 0 saturated heterocycles. The van der Waals surface area contributed by atoms with Crippen molar-refractivity contribution in [3.8, 4) is 0 Å². The molecule has 0 bridgehead atoms. The molecule has 96 valence electrons. The number of hydrogen-bond acceptors (Lipinski definition) is 4. The molecule has 2 rings (SSSR count). The van der Waals surface area contributed by atoms with Crippen molar-refractivity contribution in [2.24, 2.45) is 0 Å². The molecule has 0 aliphatic heterocycles. The van der Waals surface area contributed by atoms with Gasteiger partial charge in [-0.3, -0.25) is 0 Å². The third-order valence-corrected chi connectivity index (χ3v) is 4.60. The summed E-state index contributed by atoms with van der Waals surface area (Å²) in [5.74, 6) is 1.58. The summed E-state index contributed by atoms with van der Waals surface area (Å²) in [7, 11) is 2.01. The molecule has 0 aromatic carbocycles. The SMILES string of the molecule is Cc1nc(Cl)c(C)c(N(C)Cc2cc(Br)cs2)n1. The molecule has 0 spiro atoms. The van der Waals surface area contributed by atoms with E-state index in [1.54, 1.807) is 11.3 Å². The largest absolute Gasteiger partial charge is 0.354 e. The Kier molecular flexibility index (Phi) is 4.25. The lowest BCUT2D eigenvalue weighted by molar-refractivity contribution is 0.880. The molecule has 0 aliphatic rings. The zero-order valence-electron chi connectivity index (χ0n) is 10.4. The van der Waals surface area contributed by atoms with E-state index in [0.29, 0.717) is 11.0 Å². The minimum Gasteiger partial charge on any atom is -0.354 e. The molecule has 2 aromatic rings. The van der Waals surface area contributed by atoms with E-state index in [1.165, 1.54) is 4.88 Å². The molecule has 0 radical (unpaired) electrons. The maximum atomic E-state index is 6.09. The van der Waals surface area contributed by atoms with Crippen molar-refractivity contribution >= 4 is 44.7 Å². The molecule has 0 amide bonds. The predicted octanol–water partition coefficient (Wildman–Crippen LogP) is 4.21. The molecule has 2 heterocycles. The summed E-state index contributed by atoms with van der Waals surface area (Å²) in [5.41, 5.74) is 0.917. The topological polar surface area (TPSA) is 29.0 Å². The molecule has 0 atom stereocenters. The van der Waals surface area contributed by atoms with Gasteiger partial charge < -0.3 is 4.90 Å². The molecule has 3 nitrogen and oxygen atoms in total. The maximum absolute atomic E-state index is 6.09. The summed E-state index contributed by atoms with van der Waals surface area (Å²) in [6.07, 6.45) is 0. The van der Waals surface area contributed by atoms with Gasteiger partial charge in [0.15, 0.2) is 0 Å². The highest BCUT2D eigenvalue weighted by molar-refractivity contribution is 9.10. The monoisotopic (exact) mass is 345 g/mol. The van der Waals surface area contributed by atoms with Crippen LogP contribution in [-0.4, -0.2) is 17.0 Å². The first-order chi connectivity index (χ1) is 8.47. The molecule has 0 fully saturated rings.